The normalized spacial score (nSPS) is 13.1. The fourth-order valence-electron chi connectivity index (χ4n) is 0.832. The summed E-state index contributed by atoms with van der Waals surface area (Å²) >= 11 is 0. The van der Waals surface area contributed by atoms with E-state index in [1.54, 1.807) is 6.08 Å². The van der Waals surface area contributed by atoms with Gasteiger partial charge in [-0.2, -0.15) is 0 Å². The first-order chi connectivity index (χ1) is 6.61. The minimum atomic E-state index is 0.902. The van der Waals surface area contributed by atoms with Crippen LogP contribution in [-0.4, -0.2) is 7.05 Å². The molecule has 0 rings (SSSR count). The molecule has 0 aliphatic carbocycles. The van der Waals surface area contributed by atoms with Gasteiger partial charge in [0.15, 0.2) is 0 Å². The lowest BCUT2D eigenvalue weighted by Crippen LogP contribution is -2.00. The lowest BCUT2D eigenvalue weighted by molar-refractivity contribution is 1.04. The number of nitrogens with one attached hydrogen (secondary N) is 1. The molecule has 0 spiro atoms. The van der Waals surface area contributed by atoms with E-state index >= 15 is 0 Å². The number of hydrogen-bond donors (Lipinski definition) is 1. The predicted octanol–water partition coefficient (Wildman–Crippen LogP) is 3.35. The molecular formula is C13H19N. The summed E-state index contributed by atoms with van der Waals surface area (Å²) in [5.74, 6) is 0. The van der Waals surface area contributed by atoms with Crippen LogP contribution in [0.1, 0.15) is 13.8 Å². The van der Waals surface area contributed by atoms with Crippen molar-refractivity contribution in [3.63, 3.8) is 0 Å². The molecule has 0 saturated carbocycles. The fraction of sp³-hybridized carbons (Fsp3) is 0.231. The Morgan fingerprint density at radius 2 is 1.71 bits per heavy atom. The topological polar surface area (TPSA) is 12.0 Å². The maximum Gasteiger partial charge on any atom is 0.0264 e. The molecule has 0 bridgehead atoms. The van der Waals surface area contributed by atoms with Gasteiger partial charge < -0.3 is 5.32 Å². The van der Waals surface area contributed by atoms with Crippen LogP contribution in [0.25, 0.3) is 0 Å². The lowest BCUT2D eigenvalue weighted by atomic mass is 10.1. The van der Waals surface area contributed by atoms with E-state index in [1.165, 1.54) is 11.1 Å². The zero-order chi connectivity index (χ0) is 11.0. The Hall–Kier alpha value is -1.50. The van der Waals surface area contributed by atoms with Crippen LogP contribution in [0, 0.1) is 0 Å². The van der Waals surface area contributed by atoms with Crippen LogP contribution in [0.5, 0.6) is 0 Å². The third kappa shape index (κ3) is 5.20. The Labute approximate surface area is 87.2 Å². The van der Waals surface area contributed by atoms with E-state index in [0.717, 1.165) is 5.70 Å². The summed E-state index contributed by atoms with van der Waals surface area (Å²) in [7, 11) is 1.85. The molecule has 1 heteroatoms. The first-order valence-electron chi connectivity index (χ1n) is 4.63. The Kier molecular flexibility index (Phi) is 6.21. The zero-order valence-corrected chi connectivity index (χ0v) is 9.30. The van der Waals surface area contributed by atoms with Gasteiger partial charge in [0.1, 0.15) is 0 Å². The van der Waals surface area contributed by atoms with Crippen molar-refractivity contribution in [3.8, 4) is 0 Å². The molecule has 0 unspecified atom stereocenters. The highest BCUT2D eigenvalue weighted by Gasteiger charge is 1.88. The van der Waals surface area contributed by atoms with Crippen molar-refractivity contribution in [1.82, 2.24) is 5.32 Å². The Morgan fingerprint density at radius 3 is 2.21 bits per heavy atom. The lowest BCUT2D eigenvalue weighted by Gasteiger charge is -1.98. The highest BCUT2D eigenvalue weighted by atomic mass is 14.8. The van der Waals surface area contributed by atoms with Crippen molar-refractivity contribution < 1.29 is 0 Å². The minimum absolute atomic E-state index is 0.902. The molecule has 0 radical (unpaired) electrons. The van der Waals surface area contributed by atoms with Crippen molar-refractivity contribution in [3.05, 3.63) is 60.4 Å². The van der Waals surface area contributed by atoms with Gasteiger partial charge in [-0.15, -0.1) is 0 Å². The summed E-state index contributed by atoms with van der Waals surface area (Å²) in [5.41, 5.74) is 3.35. The minimum Gasteiger partial charge on any atom is -0.389 e. The molecular weight excluding hydrogens is 170 g/mol. The van der Waals surface area contributed by atoms with Crippen molar-refractivity contribution in [2.75, 3.05) is 7.05 Å². The fourth-order valence-corrected chi connectivity index (χ4v) is 0.832. The molecule has 76 valence electrons. The van der Waals surface area contributed by atoms with Gasteiger partial charge in [-0.1, -0.05) is 37.5 Å². The van der Waals surface area contributed by atoms with E-state index in [2.05, 4.69) is 38.4 Å². The van der Waals surface area contributed by atoms with Crippen LogP contribution in [0.2, 0.25) is 0 Å². The van der Waals surface area contributed by atoms with E-state index in [-0.39, 0.29) is 0 Å². The van der Waals surface area contributed by atoms with Crippen LogP contribution < -0.4 is 5.32 Å². The van der Waals surface area contributed by atoms with Crippen LogP contribution in [0.3, 0.4) is 0 Å². The Balaban J connectivity index is 4.39. The highest BCUT2D eigenvalue weighted by Crippen LogP contribution is 2.08. The van der Waals surface area contributed by atoms with Crippen molar-refractivity contribution in [1.29, 1.82) is 0 Å². The quantitative estimate of drug-likeness (QED) is 0.654. The second-order valence-electron chi connectivity index (χ2n) is 3.07. The van der Waals surface area contributed by atoms with E-state index < -0.39 is 0 Å². The molecule has 0 saturated heterocycles. The number of allylic oxidation sites excluding steroid dienone is 7. The smallest absolute Gasteiger partial charge is 0.0264 e. The standard InChI is InChI=1S/C13H19N/c1-6-8-11(2)12(3)9-7-10-13(4)14-5/h6-10,14H,1,4H2,2-3,5H3/b10-7-,11-8+,12-9+. The second kappa shape index (κ2) is 6.96. The summed E-state index contributed by atoms with van der Waals surface area (Å²) in [6.07, 6.45) is 9.76. The number of hydrogen-bond acceptors (Lipinski definition) is 1. The zero-order valence-electron chi connectivity index (χ0n) is 9.30. The molecule has 0 aromatic heterocycles. The molecule has 0 amide bonds. The molecule has 0 fully saturated rings. The molecule has 1 nitrogen and oxygen atoms in total. The van der Waals surface area contributed by atoms with Gasteiger partial charge in [-0.3, -0.25) is 0 Å². The SMILES string of the molecule is C=C/C=C(C)/C(C)=C/C=C\C(=C)NC. The maximum atomic E-state index is 3.79. The summed E-state index contributed by atoms with van der Waals surface area (Å²) in [4.78, 5) is 0. The van der Waals surface area contributed by atoms with E-state index in [9.17, 15) is 0 Å². The van der Waals surface area contributed by atoms with E-state index in [4.69, 9.17) is 0 Å². The summed E-state index contributed by atoms with van der Waals surface area (Å²) < 4.78 is 0. The number of likely N-dealkylation sites (N-methyl/N-ethyl adjacent to an activating group) is 1. The maximum absolute atomic E-state index is 3.79. The van der Waals surface area contributed by atoms with Crippen molar-refractivity contribution in [2.45, 2.75) is 13.8 Å². The van der Waals surface area contributed by atoms with Gasteiger partial charge in [-0.25, -0.2) is 0 Å². The molecule has 0 aliphatic heterocycles. The molecule has 0 atom stereocenters. The van der Waals surface area contributed by atoms with Crippen LogP contribution in [0.15, 0.2) is 60.4 Å². The average molecular weight is 189 g/mol. The van der Waals surface area contributed by atoms with Crippen LogP contribution in [0.4, 0.5) is 0 Å². The Morgan fingerprint density at radius 1 is 1.14 bits per heavy atom. The van der Waals surface area contributed by atoms with Crippen molar-refractivity contribution in [2.24, 2.45) is 0 Å². The van der Waals surface area contributed by atoms with Crippen LogP contribution in [-0.2, 0) is 0 Å². The van der Waals surface area contributed by atoms with E-state index in [1.807, 2.05) is 25.3 Å². The van der Waals surface area contributed by atoms with Gasteiger partial charge >= 0.3 is 0 Å². The summed E-state index contributed by atoms with van der Waals surface area (Å²) in [6.45, 7) is 11.6. The average Bonchev–Trinajstić information content (AvgIpc) is 2.17. The van der Waals surface area contributed by atoms with Gasteiger partial charge in [0.05, 0.1) is 0 Å². The summed E-state index contributed by atoms with van der Waals surface area (Å²) in [5, 5.41) is 2.95. The van der Waals surface area contributed by atoms with E-state index in [0.29, 0.717) is 0 Å². The van der Waals surface area contributed by atoms with Crippen LogP contribution >= 0.6 is 0 Å². The van der Waals surface area contributed by atoms with Crippen molar-refractivity contribution >= 4 is 0 Å². The van der Waals surface area contributed by atoms with Gasteiger partial charge in [0.2, 0.25) is 0 Å². The van der Waals surface area contributed by atoms with Gasteiger partial charge in [-0.05, 0) is 31.1 Å². The highest BCUT2D eigenvalue weighted by molar-refractivity contribution is 5.33. The number of rotatable bonds is 5. The predicted molar refractivity (Wildman–Crippen MR) is 65.1 cm³/mol. The summed E-state index contributed by atoms with van der Waals surface area (Å²) in [6, 6.07) is 0. The molecule has 0 aromatic rings. The molecule has 0 aromatic carbocycles. The third-order valence-corrected chi connectivity index (χ3v) is 1.95. The molecule has 14 heavy (non-hydrogen) atoms. The monoisotopic (exact) mass is 189 g/mol. The van der Waals surface area contributed by atoms with Gasteiger partial charge in [0, 0.05) is 12.7 Å². The first-order valence-corrected chi connectivity index (χ1v) is 4.63. The largest absolute Gasteiger partial charge is 0.389 e. The molecule has 1 N–H and O–H groups in total. The Bertz CT molecular complexity index is 290. The molecule has 0 aliphatic rings. The van der Waals surface area contributed by atoms with Gasteiger partial charge in [0.25, 0.3) is 0 Å². The second-order valence-corrected chi connectivity index (χ2v) is 3.07. The molecule has 0 heterocycles. The third-order valence-electron chi connectivity index (χ3n) is 1.95. The first kappa shape index (κ1) is 12.5.